The second kappa shape index (κ2) is 5.91. The normalized spacial score (nSPS) is 37.4. The molecule has 6 heteroatoms. The first-order valence-corrected chi connectivity index (χ1v) is 8.30. The van der Waals surface area contributed by atoms with Crippen LogP contribution in [0, 0.1) is 23.7 Å². The van der Waals surface area contributed by atoms with Gasteiger partial charge in [-0.15, -0.1) is 0 Å². The van der Waals surface area contributed by atoms with Crippen LogP contribution < -0.4 is 16.5 Å². The molecule has 0 atom stereocenters. The first-order chi connectivity index (χ1) is 10.0. The SMILES string of the molecule is C/C(CC(=O)NC1C2CC3CC(C2)CC1C3)=N/NC(N)=S. The Morgan fingerprint density at radius 1 is 1.19 bits per heavy atom. The van der Waals surface area contributed by atoms with Gasteiger partial charge < -0.3 is 11.1 Å². The Morgan fingerprint density at radius 3 is 2.29 bits per heavy atom. The Hall–Kier alpha value is -1.17. The van der Waals surface area contributed by atoms with E-state index in [1.165, 1.54) is 32.1 Å². The molecule has 4 N–H and O–H groups in total. The van der Waals surface area contributed by atoms with Crippen molar-refractivity contribution in [2.24, 2.45) is 34.5 Å². The topological polar surface area (TPSA) is 79.5 Å². The van der Waals surface area contributed by atoms with E-state index in [-0.39, 0.29) is 11.0 Å². The number of carbonyl (C=O) groups excluding carboxylic acids is 1. The Bertz CT molecular complexity index is 448. The molecule has 0 unspecified atom stereocenters. The molecule has 0 aliphatic heterocycles. The van der Waals surface area contributed by atoms with Crippen molar-refractivity contribution in [3.05, 3.63) is 0 Å². The van der Waals surface area contributed by atoms with Crippen LogP contribution in [0.25, 0.3) is 0 Å². The summed E-state index contributed by atoms with van der Waals surface area (Å²) in [6.45, 7) is 1.81. The molecule has 0 aromatic rings. The van der Waals surface area contributed by atoms with Crippen LogP contribution in [0.4, 0.5) is 0 Å². The minimum absolute atomic E-state index is 0.0680. The van der Waals surface area contributed by atoms with Gasteiger partial charge in [-0.1, -0.05) is 0 Å². The monoisotopic (exact) mass is 308 g/mol. The summed E-state index contributed by atoms with van der Waals surface area (Å²) in [7, 11) is 0. The van der Waals surface area contributed by atoms with Gasteiger partial charge in [-0.2, -0.15) is 5.10 Å². The summed E-state index contributed by atoms with van der Waals surface area (Å²) in [5, 5.41) is 7.38. The largest absolute Gasteiger partial charge is 0.375 e. The Balaban J connectivity index is 1.53. The minimum atomic E-state index is 0.0680. The number of nitrogens with two attached hydrogens (primary N) is 1. The number of nitrogens with one attached hydrogen (secondary N) is 2. The van der Waals surface area contributed by atoms with Crippen molar-refractivity contribution >= 4 is 28.9 Å². The predicted octanol–water partition coefficient (Wildman–Crippen LogP) is 1.53. The highest BCUT2D eigenvalue weighted by Crippen LogP contribution is 2.53. The van der Waals surface area contributed by atoms with Gasteiger partial charge in [-0.25, -0.2) is 0 Å². The second-order valence-corrected chi connectivity index (χ2v) is 7.46. The van der Waals surface area contributed by atoms with Crippen molar-refractivity contribution in [2.75, 3.05) is 0 Å². The van der Waals surface area contributed by atoms with E-state index in [1.54, 1.807) is 0 Å². The number of hydrogen-bond acceptors (Lipinski definition) is 3. The van der Waals surface area contributed by atoms with Crippen LogP contribution in [-0.4, -0.2) is 22.8 Å². The molecule has 0 aromatic carbocycles. The van der Waals surface area contributed by atoms with Gasteiger partial charge in [0.15, 0.2) is 5.11 Å². The van der Waals surface area contributed by atoms with Crippen LogP contribution in [0.5, 0.6) is 0 Å². The number of nitrogens with zero attached hydrogens (tertiary/aromatic N) is 1. The number of rotatable bonds is 4. The average molecular weight is 308 g/mol. The molecule has 4 rings (SSSR count). The van der Waals surface area contributed by atoms with Gasteiger partial charge in [0.2, 0.25) is 5.91 Å². The molecule has 116 valence electrons. The summed E-state index contributed by atoms with van der Waals surface area (Å²) in [5.41, 5.74) is 8.53. The van der Waals surface area contributed by atoms with Crippen molar-refractivity contribution in [3.8, 4) is 0 Å². The molecule has 1 amide bonds. The lowest BCUT2D eigenvalue weighted by atomic mass is 9.54. The van der Waals surface area contributed by atoms with E-state index in [2.05, 4.69) is 28.1 Å². The molecule has 4 aliphatic rings. The molecule has 0 radical (unpaired) electrons. The van der Waals surface area contributed by atoms with Gasteiger partial charge in [0.25, 0.3) is 0 Å². The molecule has 5 nitrogen and oxygen atoms in total. The van der Waals surface area contributed by atoms with Gasteiger partial charge in [-0.3, -0.25) is 10.2 Å². The quantitative estimate of drug-likeness (QED) is 0.418. The minimum Gasteiger partial charge on any atom is -0.375 e. The van der Waals surface area contributed by atoms with Gasteiger partial charge in [0.1, 0.15) is 0 Å². The number of thiocarbonyl (C=S) groups is 1. The lowest BCUT2D eigenvalue weighted by Crippen LogP contribution is -2.56. The van der Waals surface area contributed by atoms with Crippen LogP contribution in [0.1, 0.15) is 45.4 Å². The summed E-state index contributed by atoms with van der Waals surface area (Å²) >= 11 is 4.69. The first-order valence-electron chi connectivity index (χ1n) is 7.89. The van der Waals surface area contributed by atoms with Crippen LogP contribution in [-0.2, 0) is 4.79 Å². The fourth-order valence-corrected chi connectivity index (χ4v) is 4.87. The van der Waals surface area contributed by atoms with Crippen LogP contribution in [0.2, 0.25) is 0 Å². The third-order valence-electron chi connectivity index (χ3n) is 5.33. The molecule has 0 heterocycles. The Morgan fingerprint density at radius 2 is 1.76 bits per heavy atom. The molecule has 21 heavy (non-hydrogen) atoms. The molecule has 4 bridgehead atoms. The molecular formula is C15H24N4OS. The lowest BCUT2D eigenvalue weighted by molar-refractivity contribution is -0.123. The van der Waals surface area contributed by atoms with Crippen LogP contribution in [0.15, 0.2) is 5.10 Å². The molecule has 4 aliphatic carbocycles. The summed E-state index contributed by atoms with van der Waals surface area (Å²) in [6, 6.07) is 0.390. The number of hydrazone groups is 1. The van der Waals surface area contributed by atoms with E-state index in [4.69, 9.17) is 5.73 Å². The fraction of sp³-hybridized carbons (Fsp3) is 0.800. The highest BCUT2D eigenvalue weighted by molar-refractivity contribution is 7.80. The zero-order chi connectivity index (χ0) is 15.0. The highest BCUT2D eigenvalue weighted by atomic mass is 32.1. The summed E-state index contributed by atoms with van der Waals surface area (Å²) in [5.74, 6) is 3.34. The Kier molecular flexibility index (Phi) is 4.15. The predicted molar refractivity (Wildman–Crippen MR) is 86.6 cm³/mol. The zero-order valence-corrected chi connectivity index (χ0v) is 13.3. The lowest BCUT2D eigenvalue weighted by Gasteiger charge is -2.54. The number of hydrogen-bond donors (Lipinski definition) is 3. The van der Waals surface area contributed by atoms with Crippen molar-refractivity contribution in [3.63, 3.8) is 0 Å². The smallest absolute Gasteiger partial charge is 0.225 e. The molecule has 0 spiro atoms. The molecule has 0 aromatic heterocycles. The second-order valence-electron chi connectivity index (χ2n) is 7.02. The van der Waals surface area contributed by atoms with E-state index >= 15 is 0 Å². The molecule has 0 saturated heterocycles. The summed E-state index contributed by atoms with van der Waals surface area (Å²) in [6.07, 6.45) is 6.99. The van der Waals surface area contributed by atoms with Crippen molar-refractivity contribution in [1.82, 2.24) is 10.7 Å². The van der Waals surface area contributed by atoms with E-state index in [9.17, 15) is 4.79 Å². The maximum absolute atomic E-state index is 12.2. The zero-order valence-electron chi connectivity index (χ0n) is 12.5. The third-order valence-corrected chi connectivity index (χ3v) is 5.42. The van der Waals surface area contributed by atoms with Crippen molar-refractivity contribution in [1.29, 1.82) is 0 Å². The van der Waals surface area contributed by atoms with E-state index in [1.807, 2.05) is 6.92 Å². The maximum atomic E-state index is 12.2. The van der Waals surface area contributed by atoms with Crippen molar-refractivity contribution in [2.45, 2.75) is 51.5 Å². The van der Waals surface area contributed by atoms with Crippen molar-refractivity contribution < 1.29 is 4.79 Å². The van der Waals surface area contributed by atoms with Gasteiger partial charge in [-0.05, 0) is 74.9 Å². The number of amides is 1. The van der Waals surface area contributed by atoms with E-state index in [0.29, 0.717) is 30.0 Å². The van der Waals surface area contributed by atoms with Crippen LogP contribution >= 0.6 is 12.2 Å². The Labute approximate surface area is 131 Å². The fourth-order valence-electron chi connectivity index (χ4n) is 4.82. The molecule has 4 fully saturated rings. The summed E-state index contributed by atoms with van der Waals surface area (Å²) in [4.78, 5) is 12.2. The van der Waals surface area contributed by atoms with Gasteiger partial charge >= 0.3 is 0 Å². The number of carbonyl (C=O) groups is 1. The third kappa shape index (κ3) is 3.36. The van der Waals surface area contributed by atoms with E-state index in [0.717, 1.165) is 11.8 Å². The van der Waals surface area contributed by atoms with Gasteiger partial charge in [0.05, 0.1) is 6.42 Å². The van der Waals surface area contributed by atoms with Crippen LogP contribution in [0.3, 0.4) is 0 Å². The maximum Gasteiger partial charge on any atom is 0.225 e. The average Bonchev–Trinajstić information content (AvgIpc) is 2.39. The highest BCUT2D eigenvalue weighted by Gasteiger charge is 2.48. The first kappa shape index (κ1) is 14.8. The van der Waals surface area contributed by atoms with Gasteiger partial charge in [0, 0.05) is 11.8 Å². The molecular weight excluding hydrogens is 284 g/mol. The summed E-state index contributed by atoms with van der Waals surface area (Å²) < 4.78 is 0. The standard InChI is InChI=1S/C15H24N4OS/c1-8(18-19-15(16)21)2-13(20)17-14-11-4-9-3-10(6-11)7-12(14)5-9/h9-12,14H,2-7H2,1H3,(H,17,20)(H3,16,19,21)/b18-8-. The van der Waals surface area contributed by atoms with E-state index < -0.39 is 0 Å². The molecule has 4 saturated carbocycles.